The Hall–Kier alpha value is -0.810. The highest BCUT2D eigenvalue weighted by Gasteiger charge is 1.97. The summed E-state index contributed by atoms with van der Waals surface area (Å²) < 4.78 is 0. The van der Waals surface area contributed by atoms with Crippen LogP contribution in [0, 0.1) is 0 Å². The average Bonchev–Trinajstić information content (AvgIpc) is 2.79. The van der Waals surface area contributed by atoms with Crippen LogP contribution in [0.15, 0.2) is 17.7 Å². The fourth-order valence-corrected chi connectivity index (χ4v) is 4.30. The summed E-state index contributed by atoms with van der Waals surface area (Å²) in [4.78, 5) is 11.2. The van der Waals surface area contributed by atoms with E-state index in [4.69, 9.17) is 0 Å². The molecule has 182 valence electrons. The molecular weight excluding hydrogens is 376 g/mol. The second-order valence-electron chi connectivity index (χ2n) is 9.64. The summed E-state index contributed by atoms with van der Waals surface area (Å²) in [7, 11) is 0. The van der Waals surface area contributed by atoms with Gasteiger partial charge < -0.3 is 0 Å². The lowest BCUT2D eigenvalue weighted by Gasteiger charge is -2.03. The van der Waals surface area contributed by atoms with Crippen molar-refractivity contribution in [1.82, 2.24) is 0 Å². The van der Waals surface area contributed by atoms with Gasteiger partial charge in [-0.25, -0.2) is 4.79 Å². The highest BCUT2D eigenvalue weighted by molar-refractivity contribution is 5.56. The van der Waals surface area contributed by atoms with Gasteiger partial charge in [0.05, 0.1) is 0 Å². The molecule has 0 aromatic heterocycles. The monoisotopic (exact) mass is 432 g/mol. The van der Waals surface area contributed by atoms with E-state index in [0.717, 1.165) is 24.8 Å². The molecule has 0 aromatic rings. The summed E-state index contributed by atoms with van der Waals surface area (Å²) in [6, 6.07) is 0. The van der Waals surface area contributed by atoms with E-state index in [-0.39, 0.29) is 0 Å². The lowest BCUT2D eigenvalue weighted by atomic mass is 10.0. The largest absolute Gasteiger partial charge is 0.233 e. The van der Waals surface area contributed by atoms with Crippen molar-refractivity contribution < 1.29 is 4.79 Å². The van der Waals surface area contributed by atoms with Gasteiger partial charge in [-0.2, -0.15) is 0 Å². The summed E-state index contributed by atoms with van der Waals surface area (Å²) in [5.74, 6) is 2.16. The SMILES string of the molecule is CCCCCCCCCCCCC=CC(=C=O)CCCCCCCCCCCCCC. The van der Waals surface area contributed by atoms with Crippen molar-refractivity contribution in [3.05, 3.63) is 17.7 Å². The Labute approximate surface area is 196 Å². The first-order valence-electron chi connectivity index (χ1n) is 14.3. The Morgan fingerprint density at radius 3 is 1.26 bits per heavy atom. The minimum absolute atomic E-state index is 0.874. The molecule has 31 heavy (non-hydrogen) atoms. The highest BCUT2D eigenvalue weighted by atomic mass is 16.1. The average molecular weight is 433 g/mol. The third-order valence-electron chi connectivity index (χ3n) is 6.47. The van der Waals surface area contributed by atoms with Crippen molar-refractivity contribution in [1.29, 1.82) is 0 Å². The second kappa shape index (κ2) is 27.2. The van der Waals surface area contributed by atoms with Gasteiger partial charge >= 0.3 is 0 Å². The zero-order valence-corrected chi connectivity index (χ0v) is 21.5. The van der Waals surface area contributed by atoms with E-state index in [2.05, 4.69) is 25.9 Å². The number of unbranched alkanes of at least 4 members (excludes halogenated alkanes) is 21. The van der Waals surface area contributed by atoms with Crippen LogP contribution < -0.4 is 0 Å². The molecule has 0 saturated heterocycles. The molecule has 0 atom stereocenters. The van der Waals surface area contributed by atoms with Gasteiger partial charge in [-0.05, 0) is 25.7 Å². The van der Waals surface area contributed by atoms with Crippen LogP contribution in [0.4, 0.5) is 0 Å². The molecule has 0 radical (unpaired) electrons. The van der Waals surface area contributed by atoms with E-state index < -0.39 is 0 Å². The summed E-state index contributed by atoms with van der Waals surface area (Å²) >= 11 is 0. The van der Waals surface area contributed by atoms with Crippen molar-refractivity contribution in [2.75, 3.05) is 0 Å². The van der Waals surface area contributed by atoms with E-state index in [1.165, 1.54) is 135 Å². The van der Waals surface area contributed by atoms with Crippen LogP contribution in [-0.2, 0) is 4.79 Å². The summed E-state index contributed by atoms with van der Waals surface area (Å²) in [6.07, 6.45) is 36.4. The second-order valence-corrected chi connectivity index (χ2v) is 9.64. The molecule has 1 heteroatoms. The maximum absolute atomic E-state index is 11.2. The number of rotatable bonds is 25. The molecule has 0 aliphatic rings. The quantitative estimate of drug-likeness (QED) is 0.0796. The minimum Gasteiger partial charge on any atom is -0.233 e. The van der Waals surface area contributed by atoms with Crippen molar-refractivity contribution >= 4 is 5.94 Å². The minimum atomic E-state index is 0.874. The molecule has 1 nitrogen and oxygen atoms in total. The standard InChI is InChI=1S/C30H56O/c1-3-5-7-9-11-13-15-17-19-21-23-25-27-30(29-31)28-26-24-22-20-18-16-14-12-10-8-6-4-2/h25,27H,3-24,26,28H2,1-2H3. The molecule has 0 fully saturated rings. The Kier molecular flexibility index (Phi) is 26.5. The summed E-state index contributed by atoms with van der Waals surface area (Å²) in [5, 5.41) is 0. The van der Waals surface area contributed by atoms with Crippen molar-refractivity contribution in [2.24, 2.45) is 0 Å². The van der Waals surface area contributed by atoms with E-state index >= 15 is 0 Å². The topological polar surface area (TPSA) is 17.1 Å². The van der Waals surface area contributed by atoms with Crippen LogP contribution in [0.25, 0.3) is 0 Å². The zero-order chi connectivity index (χ0) is 22.7. The van der Waals surface area contributed by atoms with E-state index in [0.29, 0.717) is 0 Å². The van der Waals surface area contributed by atoms with Gasteiger partial charge in [0.2, 0.25) is 0 Å². The zero-order valence-electron chi connectivity index (χ0n) is 21.5. The predicted octanol–water partition coefficient (Wildman–Crippen LogP) is 10.7. The van der Waals surface area contributed by atoms with E-state index in [1.54, 1.807) is 0 Å². The van der Waals surface area contributed by atoms with Gasteiger partial charge in [0.1, 0.15) is 5.94 Å². The first-order chi connectivity index (χ1) is 15.3. The smallest absolute Gasteiger partial charge is 0.127 e. The molecule has 0 aliphatic heterocycles. The first kappa shape index (κ1) is 30.2. The first-order valence-corrected chi connectivity index (χ1v) is 14.3. The number of hydrogen-bond acceptors (Lipinski definition) is 1. The fourth-order valence-electron chi connectivity index (χ4n) is 4.30. The molecule has 0 unspecified atom stereocenters. The number of carbonyl (C=O) groups excluding carboxylic acids is 1. The van der Waals surface area contributed by atoms with Crippen LogP contribution >= 0.6 is 0 Å². The Balaban J connectivity index is 3.39. The highest BCUT2D eigenvalue weighted by Crippen LogP contribution is 2.15. The Bertz CT molecular complexity index is 416. The molecule has 0 spiro atoms. The van der Waals surface area contributed by atoms with Gasteiger partial charge in [0.25, 0.3) is 0 Å². The van der Waals surface area contributed by atoms with E-state index in [9.17, 15) is 4.79 Å². The molecule has 0 amide bonds. The van der Waals surface area contributed by atoms with Crippen LogP contribution in [0.1, 0.15) is 168 Å². The predicted molar refractivity (Wildman–Crippen MR) is 141 cm³/mol. The van der Waals surface area contributed by atoms with Crippen molar-refractivity contribution in [2.45, 2.75) is 168 Å². The number of hydrogen-bond donors (Lipinski definition) is 0. The summed E-state index contributed by atoms with van der Waals surface area (Å²) in [6.45, 7) is 4.56. The third kappa shape index (κ3) is 25.3. The molecular formula is C30H56O. The molecule has 0 aromatic carbocycles. The maximum Gasteiger partial charge on any atom is 0.127 e. The van der Waals surface area contributed by atoms with Gasteiger partial charge in [-0.1, -0.05) is 154 Å². The molecule has 0 aliphatic carbocycles. The van der Waals surface area contributed by atoms with Crippen molar-refractivity contribution in [3.8, 4) is 0 Å². The third-order valence-corrected chi connectivity index (χ3v) is 6.47. The normalized spacial score (nSPS) is 11.3. The van der Waals surface area contributed by atoms with Crippen LogP contribution in [0.2, 0.25) is 0 Å². The summed E-state index contributed by atoms with van der Waals surface area (Å²) in [5.41, 5.74) is 0.874. The van der Waals surface area contributed by atoms with Gasteiger partial charge in [-0.15, -0.1) is 0 Å². The molecule has 0 N–H and O–H groups in total. The fraction of sp³-hybridized carbons (Fsp3) is 0.867. The maximum atomic E-state index is 11.2. The molecule has 0 saturated carbocycles. The van der Waals surface area contributed by atoms with Crippen LogP contribution in [-0.4, -0.2) is 5.94 Å². The van der Waals surface area contributed by atoms with Crippen LogP contribution in [0.5, 0.6) is 0 Å². The lowest BCUT2D eigenvalue weighted by molar-refractivity contribution is 0.543. The van der Waals surface area contributed by atoms with Gasteiger partial charge in [0, 0.05) is 5.57 Å². The lowest BCUT2D eigenvalue weighted by Crippen LogP contribution is -1.85. The Morgan fingerprint density at radius 1 is 0.516 bits per heavy atom. The van der Waals surface area contributed by atoms with Gasteiger partial charge in [0.15, 0.2) is 0 Å². The number of allylic oxidation sites excluding steroid dienone is 3. The van der Waals surface area contributed by atoms with Gasteiger partial charge in [-0.3, -0.25) is 0 Å². The van der Waals surface area contributed by atoms with Crippen LogP contribution in [0.3, 0.4) is 0 Å². The molecule has 0 heterocycles. The Morgan fingerprint density at radius 2 is 0.871 bits per heavy atom. The molecule has 0 rings (SSSR count). The van der Waals surface area contributed by atoms with Crippen molar-refractivity contribution in [3.63, 3.8) is 0 Å². The van der Waals surface area contributed by atoms with E-state index in [1.807, 2.05) is 6.08 Å². The molecule has 0 bridgehead atoms.